The van der Waals surface area contributed by atoms with Crippen molar-refractivity contribution >= 4 is 34.4 Å². The molecular weight excluding hydrogens is 283 g/mol. The van der Waals surface area contributed by atoms with Crippen LogP contribution in [-0.4, -0.2) is 19.9 Å². The monoisotopic (exact) mass is 290 g/mol. The minimum atomic E-state index is 0.0628. The number of hydrogen-bond donors (Lipinski definition) is 0. The molecule has 0 aliphatic heterocycles. The summed E-state index contributed by atoms with van der Waals surface area (Å²) in [5.74, 6) is 0. The maximum absolute atomic E-state index is 5.94. The number of rotatable bonds is 1. The van der Waals surface area contributed by atoms with Crippen LogP contribution in [-0.2, 0) is 0 Å². The van der Waals surface area contributed by atoms with Crippen molar-refractivity contribution in [1.82, 2.24) is 19.9 Å². The lowest BCUT2D eigenvalue weighted by Gasteiger charge is -2.03. The first-order chi connectivity index (χ1) is 9.13. The molecule has 0 bridgehead atoms. The van der Waals surface area contributed by atoms with E-state index in [1.165, 1.54) is 5.56 Å². The number of halogens is 2. The number of aromatic nitrogens is 4. The van der Waals surface area contributed by atoms with Gasteiger partial charge >= 0.3 is 0 Å². The molecule has 0 unspecified atom stereocenters. The molecule has 0 amide bonds. The molecule has 0 N–H and O–H groups in total. The highest BCUT2D eigenvalue weighted by atomic mass is 35.5. The SMILES string of the molecule is Cc1ccc(-c2cnc3c(Cl)nc(Cl)nc3n2)cc1. The van der Waals surface area contributed by atoms with E-state index in [0.29, 0.717) is 11.2 Å². The molecule has 0 aliphatic rings. The van der Waals surface area contributed by atoms with E-state index < -0.39 is 0 Å². The van der Waals surface area contributed by atoms with E-state index in [9.17, 15) is 0 Å². The largest absolute Gasteiger partial charge is 0.247 e. The van der Waals surface area contributed by atoms with E-state index in [1.807, 2.05) is 31.2 Å². The van der Waals surface area contributed by atoms with Crippen LogP contribution >= 0.6 is 23.2 Å². The van der Waals surface area contributed by atoms with Crippen molar-refractivity contribution in [2.75, 3.05) is 0 Å². The third kappa shape index (κ3) is 2.37. The summed E-state index contributed by atoms with van der Waals surface area (Å²) in [6, 6.07) is 7.99. The molecule has 2 aromatic heterocycles. The van der Waals surface area contributed by atoms with Crippen LogP contribution in [0.1, 0.15) is 5.56 Å². The van der Waals surface area contributed by atoms with Gasteiger partial charge in [-0.1, -0.05) is 41.4 Å². The Hall–Kier alpha value is -1.78. The van der Waals surface area contributed by atoms with Gasteiger partial charge in [0.25, 0.3) is 0 Å². The molecule has 0 spiro atoms. The van der Waals surface area contributed by atoms with Crippen LogP contribution in [0.3, 0.4) is 0 Å². The van der Waals surface area contributed by atoms with E-state index in [4.69, 9.17) is 23.2 Å². The molecule has 6 heteroatoms. The Morgan fingerprint density at radius 2 is 1.68 bits per heavy atom. The second kappa shape index (κ2) is 4.72. The van der Waals surface area contributed by atoms with E-state index in [-0.39, 0.29) is 10.4 Å². The van der Waals surface area contributed by atoms with Gasteiger partial charge in [-0.3, -0.25) is 0 Å². The quantitative estimate of drug-likeness (QED) is 0.506. The number of nitrogens with zero attached hydrogens (tertiary/aromatic N) is 4. The van der Waals surface area contributed by atoms with Gasteiger partial charge in [0.15, 0.2) is 10.8 Å². The maximum Gasteiger partial charge on any atom is 0.225 e. The molecule has 3 rings (SSSR count). The van der Waals surface area contributed by atoms with Gasteiger partial charge in [0.2, 0.25) is 5.28 Å². The van der Waals surface area contributed by atoms with Crippen molar-refractivity contribution in [3.8, 4) is 11.3 Å². The van der Waals surface area contributed by atoms with Gasteiger partial charge < -0.3 is 0 Å². The second-order valence-electron chi connectivity index (χ2n) is 4.08. The molecule has 4 nitrogen and oxygen atoms in total. The summed E-state index contributed by atoms with van der Waals surface area (Å²) in [4.78, 5) is 16.5. The average molecular weight is 291 g/mol. The molecule has 0 saturated carbocycles. The van der Waals surface area contributed by atoms with E-state index in [1.54, 1.807) is 6.20 Å². The van der Waals surface area contributed by atoms with Gasteiger partial charge in [0, 0.05) is 5.56 Å². The van der Waals surface area contributed by atoms with Crippen LogP contribution in [0.2, 0.25) is 10.4 Å². The zero-order valence-corrected chi connectivity index (χ0v) is 11.4. The fourth-order valence-electron chi connectivity index (χ4n) is 1.71. The second-order valence-corrected chi connectivity index (χ2v) is 4.77. The molecule has 1 aromatic carbocycles. The summed E-state index contributed by atoms with van der Waals surface area (Å²) in [5, 5.41) is 0.269. The van der Waals surface area contributed by atoms with Gasteiger partial charge in [0.1, 0.15) is 5.52 Å². The van der Waals surface area contributed by atoms with Crippen molar-refractivity contribution in [3.63, 3.8) is 0 Å². The number of hydrogen-bond acceptors (Lipinski definition) is 4. The Labute approximate surface area is 119 Å². The molecule has 94 valence electrons. The molecule has 0 radical (unpaired) electrons. The Morgan fingerprint density at radius 1 is 0.947 bits per heavy atom. The summed E-state index contributed by atoms with van der Waals surface area (Å²) >= 11 is 11.7. The fourth-order valence-corrected chi connectivity index (χ4v) is 2.13. The van der Waals surface area contributed by atoms with Crippen LogP contribution in [0.4, 0.5) is 0 Å². The van der Waals surface area contributed by atoms with Gasteiger partial charge in [-0.2, -0.15) is 4.98 Å². The highest BCUT2D eigenvalue weighted by Gasteiger charge is 2.09. The minimum absolute atomic E-state index is 0.0628. The topological polar surface area (TPSA) is 51.6 Å². The van der Waals surface area contributed by atoms with E-state index in [2.05, 4.69) is 19.9 Å². The highest BCUT2D eigenvalue weighted by molar-refractivity contribution is 6.35. The van der Waals surface area contributed by atoms with Crippen molar-refractivity contribution in [3.05, 3.63) is 46.5 Å². The zero-order valence-electron chi connectivity index (χ0n) is 9.93. The molecular formula is C13H8Cl2N4. The molecule has 0 fully saturated rings. The van der Waals surface area contributed by atoms with Crippen molar-refractivity contribution < 1.29 is 0 Å². The third-order valence-electron chi connectivity index (χ3n) is 2.69. The Morgan fingerprint density at radius 3 is 2.42 bits per heavy atom. The summed E-state index contributed by atoms with van der Waals surface area (Å²) in [7, 11) is 0. The minimum Gasteiger partial charge on any atom is -0.247 e. The fraction of sp³-hybridized carbons (Fsp3) is 0.0769. The zero-order chi connectivity index (χ0) is 13.4. The summed E-state index contributed by atoms with van der Waals surface area (Å²) < 4.78 is 0. The molecule has 2 heterocycles. The summed E-state index contributed by atoms with van der Waals surface area (Å²) in [6.45, 7) is 2.03. The Balaban J connectivity index is 2.18. The molecule has 19 heavy (non-hydrogen) atoms. The predicted molar refractivity (Wildman–Crippen MR) is 75.3 cm³/mol. The lowest BCUT2D eigenvalue weighted by molar-refractivity contribution is 1.15. The lowest BCUT2D eigenvalue weighted by Crippen LogP contribution is -1.94. The Kier molecular flexibility index (Phi) is 3.05. The lowest BCUT2D eigenvalue weighted by atomic mass is 10.1. The van der Waals surface area contributed by atoms with Crippen LogP contribution in [0.5, 0.6) is 0 Å². The van der Waals surface area contributed by atoms with Gasteiger partial charge in [0.05, 0.1) is 11.9 Å². The van der Waals surface area contributed by atoms with Crippen LogP contribution in [0, 0.1) is 6.92 Å². The van der Waals surface area contributed by atoms with Gasteiger partial charge in [-0.05, 0) is 18.5 Å². The normalized spacial score (nSPS) is 10.9. The summed E-state index contributed by atoms with van der Waals surface area (Å²) in [5.41, 5.74) is 3.71. The first-order valence-corrected chi connectivity index (χ1v) is 6.32. The first kappa shape index (κ1) is 12.3. The van der Waals surface area contributed by atoms with Crippen molar-refractivity contribution in [2.24, 2.45) is 0 Å². The molecule has 0 aliphatic carbocycles. The third-order valence-corrected chi connectivity index (χ3v) is 3.12. The molecule has 3 aromatic rings. The van der Waals surface area contributed by atoms with Crippen LogP contribution < -0.4 is 0 Å². The molecule has 0 atom stereocenters. The predicted octanol–water partition coefficient (Wildman–Crippen LogP) is 3.70. The van der Waals surface area contributed by atoms with E-state index >= 15 is 0 Å². The maximum atomic E-state index is 5.94. The van der Waals surface area contributed by atoms with Crippen LogP contribution in [0.15, 0.2) is 30.5 Å². The number of benzene rings is 1. The van der Waals surface area contributed by atoms with Crippen molar-refractivity contribution in [1.29, 1.82) is 0 Å². The smallest absolute Gasteiger partial charge is 0.225 e. The number of aryl methyl sites for hydroxylation is 1. The molecule has 0 saturated heterocycles. The summed E-state index contributed by atoms with van der Waals surface area (Å²) in [6.07, 6.45) is 1.65. The highest BCUT2D eigenvalue weighted by Crippen LogP contribution is 2.22. The van der Waals surface area contributed by atoms with E-state index in [0.717, 1.165) is 11.3 Å². The van der Waals surface area contributed by atoms with Crippen molar-refractivity contribution in [2.45, 2.75) is 6.92 Å². The van der Waals surface area contributed by atoms with Gasteiger partial charge in [-0.25, -0.2) is 15.0 Å². The standard InChI is InChI=1S/C13H8Cl2N4/c1-7-2-4-8(5-3-7)9-6-16-10-11(14)18-13(15)19-12(10)17-9/h2-6H,1H3. The first-order valence-electron chi connectivity index (χ1n) is 5.56. The van der Waals surface area contributed by atoms with Gasteiger partial charge in [-0.15, -0.1) is 0 Å². The Bertz CT molecular complexity index is 756. The average Bonchev–Trinajstić information content (AvgIpc) is 2.38. The van der Waals surface area contributed by atoms with Crippen LogP contribution in [0.25, 0.3) is 22.4 Å². The number of fused-ring (bicyclic) bond motifs is 1.